The summed E-state index contributed by atoms with van der Waals surface area (Å²) in [4.78, 5) is 12.4. The molecule has 2 aromatic rings. The van der Waals surface area contributed by atoms with Gasteiger partial charge in [-0.2, -0.15) is 0 Å². The van der Waals surface area contributed by atoms with Crippen molar-refractivity contribution in [1.29, 1.82) is 0 Å². The van der Waals surface area contributed by atoms with E-state index in [1.54, 1.807) is 24.3 Å². The topological polar surface area (TPSA) is 74.2 Å². The lowest BCUT2D eigenvalue weighted by atomic mass is 10.1. The second-order valence-corrected chi connectivity index (χ2v) is 9.55. The predicted molar refractivity (Wildman–Crippen MR) is 158 cm³/mol. The maximum atomic E-state index is 12.4. The van der Waals surface area contributed by atoms with Gasteiger partial charge in [0.05, 0.1) is 19.8 Å². The van der Waals surface area contributed by atoms with E-state index in [1.807, 2.05) is 45.0 Å². The molecule has 0 aliphatic rings. The molecule has 0 saturated carbocycles. The van der Waals surface area contributed by atoms with E-state index >= 15 is 0 Å². The van der Waals surface area contributed by atoms with Gasteiger partial charge >= 0.3 is 5.97 Å². The van der Waals surface area contributed by atoms with Gasteiger partial charge in [0.2, 0.25) is 0 Å². The van der Waals surface area contributed by atoms with Crippen LogP contribution in [0, 0.1) is 0 Å². The van der Waals surface area contributed by atoms with Crippen molar-refractivity contribution in [2.45, 2.75) is 98.0 Å². The molecule has 2 aromatic carbocycles. The number of hydrogen-bond acceptors (Lipinski definition) is 6. The zero-order valence-electron chi connectivity index (χ0n) is 24.4. The van der Waals surface area contributed by atoms with Crippen molar-refractivity contribution >= 4 is 12.0 Å². The highest BCUT2D eigenvalue weighted by Crippen LogP contribution is 2.32. The zero-order chi connectivity index (χ0) is 28.3. The Morgan fingerprint density at radius 1 is 0.744 bits per heavy atom. The molecule has 0 spiro atoms. The van der Waals surface area contributed by atoms with E-state index in [-0.39, 0.29) is 5.97 Å². The van der Waals surface area contributed by atoms with Crippen molar-refractivity contribution in [3.05, 3.63) is 53.6 Å². The molecule has 0 aliphatic carbocycles. The summed E-state index contributed by atoms with van der Waals surface area (Å²) in [7, 11) is 0. The van der Waals surface area contributed by atoms with Gasteiger partial charge in [0.1, 0.15) is 29.1 Å². The third-order valence-corrected chi connectivity index (χ3v) is 6.37. The number of aliphatic hydroxyl groups excluding tert-OH is 1. The van der Waals surface area contributed by atoms with E-state index in [4.69, 9.17) is 18.9 Å². The Hall–Kier alpha value is -2.99. The SMILES string of the molecule is CCCCCCCCCCCC(=O)Oc1ccc(C(O)C=Cc2ccc(OCC)cc2OCC)c(OCC)c1. The van der Waals surface area contributed by atoms with Crippen molar-refractivity contribution < 1.29 is 28.8 Å². The highest BCUT2D eigenvalue weighted by Gasteiger charge is 2.15. The highest BCUT2D eigenvalue weighted by atomic mass is 16.5. The van der Waals surface area contributed by atoms with Gasteiger partial charge in [-0.05, 0) is 51.5 Å². The number of carbonyl (C=O) groups is 1. The molecular weight excluding hydrogens is 492 g/mol. The van der Waals surface area contributed by atoms with E-state index < -0.39 is 6.10 Å². The predicted octanol–water partition coefficient (Wildman–Crippen LogP) is 8.46. The number of esters is 1. The number of benzene rings is 2. The third-order valence-electron chi connectivity index (χ3n) is 6.37. The minimum absolute atomic E-state index is 0.243. The minimum atomic E-state index is -0.917. The van der Waals surface area contributed by atoms with Crippen LogP contribution in [0.25, 0.3) is 6.08 Å². The molecule has 2 rings (SSSR count). The van der Waals surface area contributed by atoms with Crippen LogP contribution in [0.4, 0.5) is 0 Å². The Bertz CT molecular complexity index is 1000. The number of unbranched alkanes of at least 4 members (excludes halogenated alkanes) is 8. The average Bonchev–Trinajstić information content (AvgIpc) is 2.92. The summed E-state index contributed by atoms with van der Waals surface area (Å²) < 4.78 is 22.7. The average molecular weight is 541 g/mol. The smallest absolute Gasteiger partial charge is 0.311 e. The number of hydrogen-bond donors (Lipinski definition) is 1. The molecule has 0 aliphatic heterocycles. The van der Waals surface area contributed by atoms with E-state index in [1.165, 1.54) is 38.5 Å². The van der Waals surface area contributed by atoms with Crippen LogP contribution >= 0.6 is 0 Å². The van der Waals surface area contributed by atoms with Crippen LogP contribution in [0.15, 0.2) is 42.5 Å². The lowest BCUT2D eigenvalue weighted by molar-refractivity contribution is -0.134. The van der Waals surface area contributed by atoms with Gasteiger partial charge in [-0.1, -0.05) is 70.4 Å². The first-order valence-electron chi connectivity index (χ1n) is 14.8. The summed E-state index contributed by atoms with van der Waals surface area (Å²) >= 11 is 0. The Kier molecular flexibility index (Phi) is 15.8. The summed E-state index contributed by atoms with van der Waals surface area (Å²) in [6.07, 6.45) is 13.8. The quantitative estimate of drug-likeness (QED) is 0.103. The first kappa shape index (κ1) is 32.2. The van der Waals surface area contributed by atoms with Crippen molar-refractivity contribution in [3.63, 3.8) is 0 Å². The summed E-state index contributed by atoms with van der Waals surface area (Å²) in [6, 6.07) is 10.7. The first-order valence-corrected chi connectivity index (χ1v) is 14.8. The van der Waals surface area contributed by atoms with Gasteiger partial charge in [0.15, 0.2) is 0 Å². The molecule has 1 atom stereocenters. The van der Waals surface area contributed by atoms with Gasteiger partial charge in [0, 0.05) is 29.7 Å². The summed E-state index contributed by atoms with van der Waals surface area (Å²) in [5.41, 5.74) is 1.43. The van der Waals surface area contributed by atoms with Crippen LogP contribution in [-0.4, -0.2) is 30.9 Å². The molecule has 0 amide bonds. The molecule has 0 aromatic heterocycles. The van der Waals surface area contributed by atoms with Crippen LogP contribution in [0.5, 0.6) is 23.0 Å². The Morgan fingerprint density at radius 3 is 2.00 bits per heavy atom. The van der Waals surface area contributed by atoms with Gasteiger partial charge < -0.3 is 24.1 Å². The summed E-state index contributed by atoms with van der Waals surface area (Å²) in [5, 5.41) is 10.9. The fourth-order valence-corrected chi connectivity index (χ4v) is 4.35. The third kappa shape index (κ3) is 12.2. The second-order valence-electron chi connectivity index (χ2n) is 9.55. The number of rotatable bonds is 20. The Balaban J connectivity index is 1.94. The van der Waals surface area contributed by atoms with Crippen molar-refractivity contribution in [2.75, 3.05) is 19.8 Å². The zero-order valence-corrected chi connectivity index (χ0v) is 24.4. The van der Waals surface area contributed by atoms with Crippen molar-refractivity contribution in [1.82, 2.24) is 0 Å². The molecule has 0 radical (unpaired) electrons. The molecule has 6 nitrogen and oxygen atoms in total. The fourth-order valence-electron chi connectivity index (χ4n) is 4.35. The van der Waals surface area contributed by atoms with E-state index in [0.29, 0.717) is 49.1 Å². The molecule has 0 heterocycles. The molecule has 1 N–H and O–H groups in total. The van der Waals surface area contributed by atoms with Gasteiger partial charge in [-0.15, -0.1) is 0 Å². The van der Waals surface area contributed by atoms with E-state index in [9.17, 15) is 9.90 Å². The number of carbonyl (C=O) groups excluding carboxylic acids is 1. The Morgan fingerprint density at radius 2 is 1.33 bits per heavy atom. The molecule has 0 saturated heterocycles. The summed E-state index contributed by atoms with van der Waals surface area (Å²) in [6.45, 7) is 9.49. The van der Waals surface area contributed by atoms with Crippen molar-refractivity contribution in [2.24, 2.45) is 0 Å². The number of aliphatic hydroxyl groups is 1. The van der Waals surface area contributed by atoms with Crippen LogP contribution in [0.1, 0.15) is 109 Å². The fraction of sp³-hybridized carbons (Fsp3) is 0.545. The standard InChI is InChI=1S/C33H48O6/c1-5-9-10-11-12-13-14-15-16-17-33(35)39-28-21-22-29(32(25-28)38-8-4)30(34)23-19-26-18-20-27(36-6-2)24-31(26)37-7-3/h18-25,30,34H,5-17H2,1-4H3. The maximum absolute atomic E-state index is 12.4. The normalized spacial score (nSPS) is 11.9. The van der Waals surface area contributed by atoms with Gasteiger partial charge in [-0.25, -0.2) is 0 Å². The monoisotopic (exact) mass is 540 g/mol. The molecule has 39 heavy (non-hydrogen) atoms. The van der Waals surface area contributed by atoms with Gasteiger partial charge in [-0.3, -0.25) is 4.79 Å². The molecule has 6 heteroatoms. The molecule has 1 unspecified atom stereocenters. The summed E-state index contributed by atoms with van der Waals surface area (Å²) in [5.74, 6) is 2.09. The minimum Gasteiger partial charge on any atom is -0.494 e. The second kappa shape index (κ2) is 19.1. The highest BCUT2D eigenvalue weighted by molar-refractivity contribution is 5.72. The largest absolute Gasteiger partial charge is 0.494 e. The lowest BCUT2D eigenvalue weighted by Crippen LogP contribution is -2.08. The molecule has 216 valence electrons. The van der Waals surface area contributed by atoms with Gasteiger partial charge in [0.25, 0.3) is 0 Å². The van der Waals surface area contributed by atoms with E-state index in [2.05, 4.69) is 6.92 Å². The number of ether oxygens (including phenoxy) is 4. The first-order chi connectivity index (χ1) is 19.0. The van der Waals surface area contributed by atoms with E-state index in [0.717, 1.165) is 30.6 Å². The van der Waals surface area contributed by atoms with Crippen LogP contribution in [0.2, 0.25) is 0 Å². The van der Waals surface area contributed by atoms with Crippen LogP contribution in [0.3, 0.4) is 0 Å². The van der Waals surface area contributed by atoms with Crippen LogP contribution < -0.4 is 18.9 Å². The molecule has 0 bridgehead atoms. The molecular formula is C33H48O6. The van der Waals surface area contributed by atoms with Crippen LogP contribution in [-0.2, 0) is 4.79 Å². The maximum Gasteiger partial charge on any atom is 0.311 e. The molecule has 0 fully saturated rings. The van der Waals surface area contributed by atoms with Crippen molar-refractivity contribution in [3.8, 4) is 23.0 Å². The lowest BCUT2D eigenvalue weighted by Gasteiger charge is -2.15. The Labute approximate surface area is 235 Å².